The number of aromatic hydroxyl groups is 1. The highest BCUT2D eigenvalue weighted by atomic mass is 16.4. The van der Waals surface area contributed by atoms with E-state index in [1.807, 2.05) is 0 Å². The lowest BCUT2D eigenvalue weighted by Gasteiger charge is -2.21. The maximum atomic E-state index is 11.8. The minimum atomic E-state index is -1.22. The predicted octanol–water partition coefficient (Wildman–Crippen LogP) is 0.374. The highest BCUT2D eigenvalue weighted by Crippen LogP contribution is 2.18. The normalized spacial score (nSPS) is 11.7. The zero-order valence-corrected chi connectivity index (χ0v) is 10.4. The Morgan fingerprint density at radius 1 is 1.42 bits per heavy atom. The van der Waals surface area contributed by atoms with E-state index in [0.717, 1.165) is 0 Å². The van der Waals surface area contributed by atoms with Gasteiger partial charge < -0.3 is 20.6 Å². The van der Waals surface area contributed by atoms with E-state index in [2.05, 4.69) is 5.32 Å². The van der Waals surface area contributed by atoms with Crippen LogP contribution in [0.4, 0.5) is 10.5 Å². The fourth-order valence-corrected chi connectivity index (χ4v) is 1.45. The van der Waals surface area contributed by atoms with Gasteiger partial charge in [0.2, 0.25) is 0 Å². The van der Waals surface area contributed by atoms with E-state index in [9.17, 15) is 14.7 Å². The number of carbonyl (C=O) groups excluding carboxylic acids is 1. The van der Waals surface area contributed by atoms with E-state index < -0.39 is 18.0 Å². The number of hydrogen-bond acceptors (Lipinski definition) is 4. The summed E-state index contributed by atoms with van der Waals surface area (Å²) in [5.41, 5.74) is 0.422. The van der Waals surface area contributed by atoms with Crippen molar-refractivity contribution in [1.29, 1.82) is 0 Å². The first-order valence-corrected chi connectivity index (χ1v) is 5.62. The minimum absolute atomic E-state index is 0.00212. The molecule has 0 aliphatic heterocycles. The summed E-state index contributed by atoms with van der Waals surface area (Å²) in [6.07, 6.45) is -0.0745. The Labute approximate surface area is 110 Å². The van der Waals surface area contributed by atoms with Gasteiger partial charge in [0.25, 0.3) is 0 Å². The Balaban J connectivity index is 2.74. The van der Waals surface area contributed by atoms with Gasteiger partial charge in [0.15, 0.2) is 0 Å². The van der Waals surface area contributed by atoms with Crippen LogP contribution in [-0.2, 0) is 4.79 Å². The van der Waals surface area contributed by atoms with Gasteiger partial charge in [-0.15, -0.1) is 0 Å². The number of urea groups is 1. The second kappa shape index (κ2) is 6.60. The monoisotopic (exact) mass is 268 g/mol. The molecular formula is C12H16N2O5. The van der Waals surface area contributed by atoms with Crippen LogP contribution in [0.3, 0.4) is 0 Å². The Bertz CT molecular complexity index is 463. The number of aliphatic hydroxyl groups is 1. The van der Waals surface area contributed by atoms with Crippen molar-refractivity contribution >= 4 is 17.7 Å². The summed E-state index contributed by atoms with van der Waals surface area (Å²) < 4.78 is 0. The number of anilines is 1. The van der Waals surface area contributed by atoms with Crippen LogP contribution >= 0.6 is 0 Å². The molecular weight excluding hydrogens is 252 g/mol. The fourth-order valence-electron chi connectivity index (χ4n) is 1.45. The molecule has 0 aliphatic carbocycles. The lowest BCUT2D eigenvalue weighted by atomic mass is 10.2. The van der Waals surface area contributed by atoms with E-state index in [1.165, 1.54) is 24.1 Å². The van der Waals surface area contributed by atoms with Gasteiger partial charge in [-0.25, -0.2) is 9.59 Å². The summed E-state index contributed by atoms with van der Waals surface area (Å²) >= 11 is 0. The van der Waals surface area contributed by atoms with Crippen molar-refractivity contribution in [3.05, 3.63) is 24.3 Å². The standard InChI is InChI=1S/C12H16N2O5/c1-14(8-3-2-4-9(16)7-8)12(19)13-10(5-6-15)11(17)18/h2-4,7,10,15-16H,5-6H2,1H3,(H,13,19)(H,17,18)/t10-/m0/s1. The van der Waals surface area contributed by atoms with Gasteiger partial charge in [0.1, 0.15) is 11.8 Å². The molecule has 1 rings (SSSR count). The maximum absolute atomic E-state index is 11.8. The number of rotatable bonds is 5. The average molecular weight is 268 g/mol. The molecule has 0 saturated heterocycles. The van der Waals surface area contributed by atoms with Crippen LogP contribution in [0.15, 0.2) is 24.3 Å². The van der Waals surface area contributed by atoms with Gasteiger partial charge in [-0.2, -0.15) is 0 Å². The first kappa shape index (κ1) is 14.8. The number of carboxylic acids is 1. The van der Waals surface area contributed by atoms with Crippen molar-refractivity contribution in [1.82, 2.24) is 5.32 Å². The summed E-state index contributed by atoms with van der Waals surface area (Å²) in [5, 5.41) is 29.2. The molecule has 0 saturated carbocycles. The summed E-state index contributed by atoms with van der Waals surface area (Å²) in [4.78, 5) is 23.9. The second-order valence-corrected chi connectivity index (χ2v) is 3.93. The zero-order chi connectivity index (χ0) is 14.4. The number of benzene rings is 1. The second-order valence-electron chi connectivity index (χ2n) is 3.93. The van der Waals surface area contributed by atoms with Crippen molar-refractivity contribution < 1.29 is 24.9 Å². The number of nitrogens with one attached hydrogen (secondary N) is 1. The number of phenols is 1. The number of hydrogen-bond donors (Lipinski definition) is 4. The molecule has 0 spiro atoms. The molecule has 0 aromatic heterocycles. The van der Waals surface area contributed by atoms with Crippen LogP contribution in [0.25, 0.3) is 0 Å². The quantitative estimate of drug-likeness (QED) is 0.617. The molecule has 0 unspecified atom stereocenters. The topological polar surface area (TPSA) is 110 Å². The molecule has 0 radical (unpaired) electrons. The van der Waals surface area contributed by atoms with Gasteiger partial charge >= 0.3 is 12.0 Å². The molecule has 2 amide bonds. The Kier molecular flexibility index (Phi) is 5.13. The summed E-state index contributed by atoms with van der Waals surface area (Å²) in [5.74, 6) is -1.21. The maximum Gasteiger partial charge on any atom is 0.326 e. The summed E-state index contributed by atoms with van der Waals surface area (Å²) in [6, 6.07) is 4.21. The molecule has 0 aliphatic rings. The number of aliphatic carboxylic acids is 1. The Morgan fingerprint density at radius 2 is 2.11 bits per heavy atom. The molecule has 4 N–H and O–H groups in total. The van der Waals surface area contributed by atoms with Gasteiger partial charge in [-0.05, 0) is 12.1 Å². The third-order valence-electron chi connectivity index (χ3n) is 2.54. The molecule has 0 bridgehead atoms. The van der Waals surface area contributed by atoms with Crippen LogP contribution in [0.2, 0.25) is 0 Å². The molecule has 1 atom stereocenters. The highest BCUT2D eigenvalue weighted by Gasteiger charge is 2.21. The molecule has 19 heavy (non-hydrogen) atoms. The van der Waals surface area contributed by atoms with Crippen LogP contribution in [0, 0.1) is 0 Å². The highest BCUT2D eigenvalue weighted by molar-refractivity contribution is 5.94. The number of aliphatic hydroxyl groups excluding tert-OH is 1. The minimum Gasteiger partial charge on any atom is -0.508 e. The van der Waals surface area contributed by atoms with E-state index >= 15 is 0 Å². The average Bonchev–Trinajstić information content (AvgIpc) is 2.37. The number of carboxylic acid groups (broad SMARTS) is 1. The van der Waals surface area contributed by atoms with Crippen molar-refractivity contribution in [3.8, 4) is 5.75 Å². The van der Waals surface area contributed by atoms with Crippen LogP contribution in [-0.4, -0.2) is 47.0 Å². The molecule has 0 fully saturated rings. The van der Waals surface area contributed by atoms with E-state index in [0.29, 0.717) is 5.69 Å². The van der Waals surface area contributed by atoms with Crippen molar-refractivity contribution in [2.24, 2.45) is 0 Å². The van der Waals surface area contributed by atoms with Crippen LogP contribution in [0.1, 0.15) is 6.42 Å². The lowest BCUT2D eigenvalue weighted by Crippen LogP contribution is -2.47. The smallest absolute Gasteiger partial charge is 0.326 e. The lowest BCUT2D eigenvalue weighted by molar-refractivity contribution is -0.139. The van der Waals surface area contributed by atoms with Gasteiger partial charge in [-0.3, -0.25) is 4.90 Å². The Hall–Kier alpha value is -2.28. The molecule has 7 nitrogen and oxygen atoms in total. The molecule has 104 valence electrons. The van der Waals surface area contributed by atoms with E-state index in [-0.39, 0.29) is 18.8 Å². The van der Waals surface area contributed by atoms with Gasteiger partial charge in [-0.1, -0.05) is 6.07 Å². The first-order chi connectivity index (χ1) is 8.95. The van der Waals surface area contributed by atoms with Crippen molar-refractivity contribution in [2.45, 2.75) is 12.5 Å². The molecule has 7 heteroatoms. The third kappa shape index (κ3) is 4.14. The number of nitrogens with zero attached hydrogens (tertiary/aromatic N) is 1. The Morgan fingerprint density at radius 3 is 2.63 bits per heavy atom. The zero-order valence-electron chi connectivity index (χ0n) is 10.4. The SMILES string of the molecule is CN(C(=O)N[C@@H](CCO)C(=O)O)c1cccc(O)c1. The fraction of sp³-hybridized carbons (Fsp3) is 0.333. The number of carbonyl (C=O) groups is 2. The largest absolute Gasteiger partial charge is 0.508 e. The van der Waals surface area contributed by atoms with Gasteiger partial charge in [0.05, 0.1) is 0 Å². The van der Waals surface area contributed by atoms with Gasteiger partial charge in [0, 0.05) is 31.8 Å². The van der Waals surface area contributed by atoms with Crippen molar-refractivity contribution in [3.63, 3.8) is 0 Å². The van der Waals surface area contributed by atoms with E-state index in [1.54, 1.807) is 12.1 Å². The molecule has 0 heterocycles. The molecule has 1 aromatic carbocycles. The molecule has 1 aromatic rings. The van der Waals surface area contributed by atoms with Crippen molar-refractivity contribution in [2.75, 3.05) is 18.6 Å². The third-order valence-corrected chi connectivity index (χ3v) is 2.54. The predicted molar refractivity (Wildman–Crippen MR) is 68.2 cm³/mol. The first-order valence-electron chi connectivity index (χ1n) is 5.62. The van der Waals surface area contributed by atoms with E-state index in [4.69, 9.17) is 10.2 Å². The number of phenolic OH excluding ortho intramolecular Hbond substituents is 1. The van der Waals surface area contributed by atoms with Crippen LogP contribution in [0.5, 0.6) is 5.75 Å². The van der Waals surface area contributed by atoms with Crippen LogP contribution < -0.4 is 10.2 Å². The summed E-state index contributed by atoms with van der Waals surface area (Å²) in [6.45, 7) is -0.340. The summed E-state index contributed by atoms with van der Waals surface area (Å²) in [7, 11) is 1.45. The number of amides is 2.